The Hall–Kier alpha value is -1.03. The van der Waals surface area contributed by atoms with Gasteiger partial charge in [0.15, 0.2) is 0 Å². The minimum Gasteiger partial charge on any atom is -0.387 e. The van der Waals surface area contributed by atoms with Crippen LogP contribution in [0.5, 0.6) is 0 Å². The first-order valence-electron chi connectivity index (χ1n) is 4.08. The van der Waals surface area contributed by atoms with Crippen molar-refractivity contribution in [3.63, 3.8) is 0 Å². The van der Waals surface area contributed by atoms with Gasteiger partial charge in [-0.15, -0.1) is 11.8 Å². The molecule has 0 aliphatic carbocycles. The summed E-state index contributed by atoms with van der Waals surface area (Å²) in [6.07, 6.45) is 1.76. The molecule has 1 aromatic heterocycles. The maximum atomic E-state index is 7.21. The molecule has 1 heterocycles. The van der Waals surface area contributed by atoms with Crippen LogP contribution in [0.4, 0.5) is 0 Å². The van der Waals surface area contributed by atoms with Gasteiger partial charge < -0.3 is 5.73 Å². The second kappa shape index (κ2) is 4.87. The third kappa shape index (κ3) is 3.46. The summed E-state index contributed by atoms with van der Waals surface area (Å²) in [5.74, 6) is 1.17. The Labute approximate surface area is 82.3 Å². The monoisotopic (exact) mass is 195 g/mol. The van der Waals surface area contributed by atoms with Crippen molar-refractivity contribution in [3.05, 3.63) is 24.4 Å². The zero-order valence-corrected chi connectivity index (χ0v) is 8.34. The first kappa shape index (κ1) is 10.1. The molecular weight excluding hydrogens is 182 g/mol. The van der Waals surface area contributed by atoms with E-state index in [1.165, 1.54) is 0 Å². The van der Waals surface area contributed by atoms with Crippen molar-refractivity contribution in [2.24, 2.45) is 11.7 Å². The Bertz CT molecular complexity index is 273. The molecule has 1 atom stereocenters. The molecule has 0 amide bonds. The zero-order chi connectivity index (χ0) is 9.68. The number of pyridine rings is 1. The fourth-order valence-electron chi connectivity index (χ4n) is 0.733. The molecule has 0 spiro atoms. The van der Waals surface area contributed by atoms with E-state index in [-0.39, 0.29) is 11.8 Å². The molecule has 1 rings (SSSR count). The van der Waals surface area contributed by atoms with Crippen LogP contribution in [0, 0.1) is 11.3 Å². The second-order valence-electron chi connectivity index (χ2n) is 2.84. The molecule has 70 valence electrons. The normalized spacial score (nSPS) is 12.4. The summed E-state index contributed by atoms with van der Waals surface area (Å²) in [5.41, 5.74) is 5.35. The smallest absolute Gasteiger partial charge is 0.0960 e. The van der Waals surface area contributed by atoms with Crippen LogP contribution in [-0.4, -0.2) is 16.6 Å². The molecule has 4 heteroatoms. The van der Waals surface area contributed by atoms with Crippen molar-refractivity contribution in [2.45, 2.75) is 11.9 Å². The van der Waals surface area contributed by atoms with Gasteiger partial charge in [0.1, 0.15) is 0 Å². The van der Waals surface area contributed by atoms with E-state index in [4.69, 9.17) is 11.1 Å². The maximum absolute atomic E-state index is 7.21. The number of nitrogens with two attached hydrogens (primary N) is 1. The molecule has 0 aromatic carbocycles. The molecule has 3 N–H and O–H groups in total. The summed E-state index contributed by atoms with van der Waals surface area (Å²) in [5, 5.41) is 8.19. The SMILES string of the molecule is CC(CSc1ccccn1)C(=N)N. The zero-order valence-electron chi connectivity index (χ0n) is 7.53. The Morgan fingerprint density at radius 1 is 1.69 bits per heavy atom. The third-order valence-electron chi connectivity index (χ3n) is 1.65. The van der Waals surface area contributed by atoms with Gasteiger partial charge in [0.2, 0.25) is 0 Å². The van der Waals surface area contributed by atoms with Crippen LogP contribution in [0.25, 0.3) is 0 Å². The van der Waals surface area contributed by atoms with Crippen LogP contribution in [0.2, 0.25) is 0 Å². The number of nitrogens with one attached hydrogen (secondary N) is 1. The maximum Gasteiger partial charge on any atom is 0.0960 e. The average Bonchev–Trinajstić information content (AvgIpc) is 2.15. The molecule has 13 heavy (non-hydrogen) atoms. The van der Waals surface area contributed by atoms with Crippen LogP contribution >= 0.6 is 11.8 Å². The largest absolute Gasteiger partial charge is 0.387 e. The minimum atomic E-state index is 0.118. The van der Waals surface area contributed by atoms with Crippen LogP contribution in [0.3, 0.4) is 0 Å². The molecular formula is C9H13N3S. The average molecular weight is 195 g/mol. The molecule has 0 saturated heterocycles. The fourth-order valence-corrected chi connectivity index (χ4v) is 1.64. The lowest BCUT2D eigenvalue weighted by Crippen LogP contribution is -2.21. The van der Waals surface area contributed by atoms with E-state index in [9.17, 15) is 0 Å². The summed E-state index contributed by atoms with van der Waals surface area (Å²) < 4.78 is 0. The van der Waals surface area contributed by atoms with Crippen LogP contribution in [0.15, 0.2) is 29.4 Å². The summed E-state index contributed by atoms with van der Waals surface area (Å²) in [6.45, 7) is 1.94. The minimum absolute atomic E-state index is 0.118. The third-order valence-corrected chi connectivity index (χ3v) is 2.85. The van der Waals surface area contributed by atoms with E-state index in [0.29, 0.717) is 0 Å². The molecule has 0 bridgehead atoms. The predicted octanol–water partition coefficient (Wildman–Crippen LogP) is 1.75. The quantitative estimate of drug-likeness (QED) is 0.437. The summed E-state index contributed by atoms with van der Waals surface area (Å²) in [4.78, 5) is 4.16. The Balaban J connectivity index is 2.39. The summed E-state index contributed by atoms with van der Waals surface area (Å²) in [6, 6.07) is 5.80. The molecule has 0 radical (unpaired) electrons. The van der Waals surface area contributed by atoms with Crippen molar-refractivity contribution in [1.82, 2.24) is 4.98 Å². The number of thioether (sulfide) groups is 1. The van der Waals surface area contributed by atoms with E-state index < -0.39 is 0 Å². The standard InChI is InChI=1S/C9H13N3S/c1-7(9(10)11)6-13-8-4-2-3-5-12-8/h2-5,7H,6H2,1H3,(H3,10,11). The number of amidine groups is 1. The van der Waals surface area contributed by atoms with Gasteiger partial charge in [-0.05, 0) is 12.1 Å². The first-order chi connectivity index (χ1) is 6.20. The summed E-state index contributed by atoms with van der Waals surface area (Å²) in [7, 11) is 0. The molecule has 1 aromatic rings. The lowest BCUT2D eigenvalue weighted by Gasteiger charge is -2.07. The van der Waals surface area contributed by atoms with Gasteiger partial charge in [0.05, 0.1) is 10.9 Å². The van der Waals surface area contributed by atoms with E-state index in [1.54, 1.807) is 18.0 Å². The lowest BCUT2D eigenvalue weighted by molar-refractivity contribution is 0.877. The Morgan fingerprint density at radius 2 is 2.46 bits per heavy atom. The van der Waals surface area contributed by atoms with Crippen molar-refractivity contribution >= 4 is 17.6 Å². The van der Waals surface area contributed by atoms with Crippen molar-refractivity contribution in [2.75, 3.05) is 5.75 Å². The lowest BCUT2D eigenvalue weighted by atomic mass is 10.2. The Morgan fingerprint density at radius 3 is 3.00 bits per heavy atom. The van der Waals surface area contributed by atoms with Gasteiger partial charge in [0.25, 0.3) is 0 Å². The van der Waals surface area contributed by atoms with Crippen LogP contribution < -0.4 is 5.73 Å². The predicted molar refractivity (Wildman–Crippen MR) is 56.0 cm³/mol. The van der Waals surface area contributed by atoms with Crippen molar-refractivity contribution in [1.29, 1.82) is 5.41 Å². The second-order valence-corrected chi connectivity index (χ2v) is 3.88. The number of hydrogen-bond donors (Lipinski definition) is 2. The van der Waals surface area contributed by atoms with Gasteiger partial charge in [-0.1, -0.05) is 13.0 Å². The van der Waals surface area contributed by atoms with E-state index in [0.717, 1.165) is 10.8 Å². The highest BCUT2D eigenvalue weighted by molar-refractivity contribution is 7.99. The number of rotatable bonds is 4. The highest BCUT2D eigenvalue weighted by atomic mass is 32.2. The van der Waals surface area contributed by atoms with Gasteiger partial charge >= 0.3 is 0 Å². The van der Waals surface area contributed by atoms with Gasteiger partial charge in [-0.3, -0.25) is 5.41 Å². The van der Waals surface area contributed by atoms with Crippen LogP contribution in [0.1, 0.15) is 6.92 Å². The Kier molecular flexibility index (Phi) is 3.76. The van der Waals surface area contributed by atoms with Gasteiger partial charge in [-0.2, -0.15) is 0 Å². The summed E-state index contributed by atoms with van der Waals surface area (Å²) >= 11 is 1.62. The molecule has 3 nitrogen and oxygen atoms in total. The number of hydrogen-bond acceptors (Lipinski definition) is 3. The topological polar surface area (TPSA) is 62.8 Å². The highest BCUT2D eigenvalue weighted by Gasteiger charge is 2.05. The first-order valence-corrected chi connectivity index (χ1v) is 5.06. The fraction of sp³-hybridized carbons (Fsp3) is 0.333. The van der Waals surface area contributed by atoms with E-state index in [1.807, 2.05) is 25.1 Å². The number of nitrogens with zero attached hydrogens (tertiary/aromatic N) is 1. The number of aromatic nitrogens is 1. The van der Waals surface area contributed by atoms with E-state index >= 15 is 0 Å². The molecule has 0 aliphatic rings. The molecule has 0 saturated carbocycles. The van der Waals surface area contributed by atoms with E-state index in [2.05, 4.69) is 4.98 Å². The van der Waals surface area contributed by atoms with Gasteiger partial charge in [0, 0.05) is 17.9 Å². The molecule has 0 fully saturated rings. The van der Waals surface area contributed by atoms with Crippen LogP contribution in [-0.2, 0) is 0 Å². The van der Waals surface area contributed by atoms with Gasteiger partial charge in [-0.25, -0.2) is 4.98 Å². The molecule has 0 aliphatic heterocycles. The molecule has 1 unspecified atom stereocenters. The van der Waals surface area contributed by atoms with Crippen molar-refractivity contribution < 1.29 is 0 Å². The highest BCUT2D eigenvalue weighted by Crippen LogP contribution is 2.17. The van der Waals surface area contributed by atoms with Crippen molar-refractivity contribution in [3.8, 4) is 0 Å².